The van der Waals surface area contributed by atoms with Crippen molar-refractivity contribution < 1.29 is 9.59 Å². The molecule has 6 heteroatoms. The number of anilines is 2. The summed E-state index contributed by atoms with van der Waals surface area (Å²) in [4.78, 5) is 28.5. The molecule has 0 fully saturated rings. The fourth-order valence-electron chi connectivity index (χ4n) is 1.39. The van der Waals surface area contributed by atoms with E-state index in [4.69, 9.17) is 0 Å². The molecule has 0 saturated carbocycles. The van der Waals surface area contributed by atoms with Gasteiger partial charge in [0, 0.05) is 10.6 Å². The average Bonchev–Trinajstić information content (AvgIpc) is 2.69. The molecule has 2 aromatic rings. The highest BCUT2D eigenvalue weighted by molar-refractivity contribution is 7.15. The Morgan fingerprint density at radius 1 is 1.05 bits per heavy atom. The van der Waals surface area contributed by atoms with Crippen molar-refractivity contribution in [3.63, 3.8) is 0 Å². The second-order valence-electron chi connectivity index (χ2n) is 3.93. The molecule has 1 heterocycles. The van der Waals surface area contributed by atoms with Crippen molar-refractivity contribution in [2.45, 2.75) is 13.8 Å². The average molecular weight is 275 g/mol. The number of thiazole rings is 1. The topological polar surface area (TPSA) is 71.1 Å². The lowest BCUT2D eigenvalue weighted by molar-refractivity contribution is -0.132. The molecule has 1 aromatic carbocycles. The highest BCUT2D eigenvalue weighted by atomic mass is 32.1. The van der Waals surface area contributed by atoms with E-state index in [0.717, 1.165) is 10.6 Å². The zero-order valence-corrected chi connectivity index (χ0v) is 11.4. The van der Waals surface area contributed by atoms with Gasteiger partial charge in [0.15, 0.2) is 5.13 Å². The van der Waals surface area contributed by atoms with Crippen LogP contribution in [0.3, 0.4) is 0 Å². The summed E-state index contributed by atoms with van der Waals surface area (Å²) < 4.78 is 0. The zero-order chi connectivity index (χ0) is 13.8. The molecule has 0 saturated heterocycles. The van der Waals surface area contributed by atoms with Gasteiger partial charge in [-0.2, -0.15) is 0 Å². The van der Waals surface area contributed by atoms with E-state index in [2.05, 4.69) is 15.6 Å². The van der Waals surface area contributed by atoms with E-state index >= 15 is 0 Å². The van der Waals surface area contributed by atoms with Crippen LogP contribution in [0.15, 0.2) is 30.3 Å². The van der Waals surface area contributed by atoms with Crippen LogP contribution in [0.5, 0.6) is 0 Å². The van der Waals surface area contributed by atoms with Crippen LogP contribution in [-0.4, -0.2) is 16.8 Å². The third kappa shape index (κ3) is 3.38. The first-order valence-corrected chi connectivity index (χ1v) is 6.49. The van der Waals surface area contributed by atoms with Crippen molar-refractivity contribution in [2.24, 2.45) is 0 Å². The number of hydrogen-bond acceptors (Lipinski definition) is 4. The van der Waals surface area contributed by atoms with Crippen LogP contribution in [-0.2, 0) is 9.59 Å². The van der Waals surface area contributed by atoms with E-state index in [1.54, 1.807) is 24.3 Å². The van der Waals surface area contributed by atoms with Crippen LogP contribution in [0.25, 0.3) is 0 Å². The smallest absolute Gasteiger partial charge is 0.315 e. The molecule has 2 rings (SSSR count). The molecule has 2 N–H and O–H groups in total. The van der Waals surface area contributed by atoms with Gasteiger partial charge in [0.2, 0.25) is 0 Å². The highest BCUT2D eigenvalue weighted by Gasteiger charge is 2.16. The maximum absolute atomic E-state index is 11.7. The van der Waals surface area contributed by atoms with E-state index < -0.39 is 11.8 Å². The molecule has 0 aliphatic heterocycles. The molecule has 0 aliphatic carbocycles. The number of amides is 2. The third-order valence-corrected chi connectivity index (χ3v) is 3.48. The normalized spacial score (nSPS) is 10.0. The van der Waals surface area contributed by atoms with Gasteiger partial charge < -0.3 is 5.32 Å². The van der Waals surface area contributed by atoms with Gasteiger partial charge >= 0.3 is 11.8 Å². The van der Waals surface area contributed by atoms with Gasteiger partial charge in [-0.15, -0.1) is 11.3 Å². The summed E-state index contributed by atoms with van der Waals surface area (Å²) in [5, 5.41) is 5.42. The first-order chi connectivity index (χ1) is 9.06. The Labute approximate surface area is 114 Å². The second kappa shape index (κ2) is 5.62. The number of carbonyl (C=O) groups excluding carboxylic acids is 2. The summed E-state index contributed by atoms with van der Waals surface area (Å²) in [7, 11) is 0. The Kier molecular flexibility index (Phi) is 3.91. The van der Waals surface area contributed by atoms with Gasteiger partial charge in [0.1, 0.15) is 0 Å². The number of aryl methyl sites for hydroxylation is 2. The third-order valence-electron chi connectivity index (χ3n) is 2.49. The summed E-state index contributed by atoms with van der Waals surface area (Å²) in [6, 6.07) is 8.81. The molecule has 0 atom stereocenters. The van der Waals surface area contributed by atoms with Crippen molar-refractivity contribution in [1.82, 2.24) is 4.98 Å². The Bertz CT molecular complexity index is 588. The molecule has 2 amide bonds. The maximum Gasteiger partial charge on any atom is 0.315 e. The number of nitrogens with zero attached hydrogens (tertiary/aromatic N) is 1. The molecule has 5 nitrogen and oxygen atoms in total. The Morgan fingerprint density at radius 3 is 2.26 bits per heavy atom. The number of para-hydroxylation sites is 1. The first-order valence-electron chi connectivity index (χ1n) is 5.67. The summed E-state index contributed by atoms with van der Waals surface area (Å²) in [5.74, 6) is -1.44. The number of carbonyl (C=O) groups is 2. The molecular weight excluding hydrogens is 262 g/mol. The van der Waals surface area contributed by atoms with E-state index in [-0.39, 0.29) is 0 Å². The van der Waals surface area contributed by atoms with Crippen LogP contribution in [0.1, 0.15) is 10.6 Å². The summed E-state index contributed by atoms with van der Waals surface area (Å²) in [6.45, 7) is 3.76. The highest BCUT2D eigenvalue weighted by Crippen LogP contribution is 2.20. The summed E-state index contributed by atoms with van der Waals surface area (Å²) in [6.07, 6.45) is 0. The van der Waals surface area contributed by atoms with Crippen molar-refractivity contribution in [2.75, 3.05) is 10.6 Å². The fraction of sp³-hybridized carbons (Fsp3) is 0.154. The first kappa shape index (κ1) is 13.2. The van der Waals surface area contributed by atoms with E-state index in [9.17, 15) is 9.59 Å². The minimum absolute atomic E-state index is 0.434. The molecule has 0 radical (unpaired) electrons. The lowest BCUT2D eigenvalue weighted by atomic mass is 10.3. The molecule has 0 spiro atoms. The van der Waals surface area contributed by atoms with Crippen LogP contribution in [0.2, 0.25) is 0 Å². The Balaban J connectivity index is 1.98. The minimum atomic E-state index is -0.724. The lowest BCUT2D eigenvalue weighted by Crippen LogP contribution is -2.28. The predicted molar refractivity (Wildman–Crippen MR) is 75.3 cm³/mol. The van der Waals surface area contributed by atoms with Gasteiger partial charge in [-0.05, 0) is 26.0 Å². The van der Waals surface area contributed by atoms with Crippen molar-refractivity contribution in [3.05, 3.63) is 40.9 Å². The van der Waals surface area contributed by atoms with Crippen LogP contribution in [0.4, 0.5) is 10.8 Å². The van der Waals surface area contributed by atoms with E-state index in [1.165, 1.54) is 11.3 Å². The number of aromatic nitrogens is 1. The molecule has 0 bridgehead atoms. The van der Waals surface area contributed by atoms with E-state index in [1.807, 2.05) is 19.9 Å². The fourth-order valence-corrected chi connectivity index (χ4v) is 2.20. The predicted octanol–water partition coefficient (Wildman–Crippen LogP) is 2.34. The van der Waals surface area contributed by atoms with Gasteiger partial charge in [-0.3, -0.25) is 14.9 Å². The largest absolute Gasteiger partial charge is 0.318 e. The van der Waals surface area contributed by atoms with Crippen molar-refractivity contribution in [1.29, 1.82) is 0 Å². The molecule has 19 heavy (non-hydrogen) atoms. The second-order valence-corrected chi connectivity index (χ2v) is 5.14. The zero-order valence-electron chi connectivity index (χ0n) is 10.6. The van der Waals surface area contributed by atoms with Crippen molar-refractivity contribution >= 4 is 34.0 Å². The lowest BCUT2D eigenvalue weighted by Gasteiger charge is -2.03. The minimum Gasteiger partial charge on any atom is -0.318 e. The molecular formula is C13H13N3O2S. The molecule has 0 aliphatic rings. The van der Waals surface area contributed by atoms with Gasteiger partial charge in [-0.25, -0.2) is 4.98 Å². The number of rotatable bonds is 2. The van der Waals surface area contributed by atoms with E-state index in [0.29, 0.717) is 10.8 Å². The number of hydrogen-bond donors (Lipinski definition) is 2. The molecule has 0 unspecified atom stereocenters. The van der Waals surface area contributed by atoms with Crippen LogP contribution in [0, 0.1) is 13.8 Å². The van der Waals surface area contributed by atoms with Gasteiger partial charge in [-0.1, -0.05) is 18.2 Å². The Hall–Kier alpha value is -2.21. The number of benzene rings is 1. The molecule has 1 aromatic heterocycles. The maximum atomic E-state index is 11.7. The summed E-state index contributed by atoms with van der Waals surface area (Å²) in [5.41, 5.74) is 1.43. The molecule has 98 valence electrons. The monoisotopic (exact) mass is 275 g/mol. The Morgan fingerprint density at radius 2 is 1.68 bits per heavy atom. The standard InChI is InChI=1S/C13H13N3O2S/c1-8-9(2)19-13(14-8)16-12(18)11(17)15-10-6-4-3-5-7-10/h3-7H,1-2H3,(H,15,17)(H,14,16,18). The quantitative estimate of drug-likeness (QED) is 0.826. The van der Waals surface area contributed by atoms with Crippen LogP contribution < -0.4 is 10.6 Å². The van der Waals surface area contributed by atoms with Gasteiger partial charge in [0.25, 0.3) is 0 Å². The number of nitrogens with one attached hydrogen (secondary N) is 2. The van der Waals surface area contributed by atoms with Crippen LogP contribution >= 0.6 is 11.3 Å². The summed E-state index contributed by atoms with van der Waals surface area (Å²) >= 11 is 1.34. The van der Waals surface area contributed by atoms with Gasteiger partial charge in [0.05, 0.1) is 5.69 Å². The van der Waals surface area contributed by atoms with Crippen molar-refractivity contribution in [3.8, 4) is 0 Å². The SMILES string of the molecule is Cc1nc(NC(=O)C(=O)Nc2ccccc2)sc1C.